The third kappa shape index (κ3) is 1.51. The third-order valence-corrected chi connectivity index (χ3v) is 1.65. The highest BCUT2D eigenvalue weighted by atomic mass is 31.1. The predicted octanol–water partition coefficient (Wildman–Crippen LogP) is 1.33. The van der Waals surface area contributed by atoms with Crippen molar-refractivity contribution in [1.29, 1.82) is 0 Å². The summed E-state index contributed by atoms with van der Waals surface area (Å²) in [6.45, 7) is 3.12. The molecular weight excluding hydrogens is 127 g/mol. The highest BCUT2D eigenvalue weighted by Crippen LogP contribution is 2.29. The van der Waals surface area contributed by atoms with E-state index in [0.717, 1.165) is 0 Å². The summed E-state index contributed by atoms with van der Waals surface area (Å²) in [5, 5.41) is 0. The van der Waals surface area contributed by atoms with Crippen LogP contribution in [0.1, 0.15) is 6.92 Å². The molecule has 1 aliphatic rings. The maximum atomic E-state index is 10.3. The molecule has 46 valence electrons. The standard InChI is InChI=1S/C4H8O3P/c1-4-2-6-8(5)7-3-4/h4H,2-3H2,1H3/q+1. The summed E-state index contributed by atoms with van der Waals surface area (Å²) in [6.07, 6.45) is 0. The van der Waals surface area contributed by atoms with E-state index in [0.29, 0.717) is 19.1 Å². The Bertz CT molecular complexity index is 93.5. The van der Waals surface area contributed by atoms with Gasteiger partial charge in [0.15, 0.2) is 0 Å². The van der Waals surface area contributed by atoms with Gasteiger partial charge >= 0.3 is 8.25 Å². The molecule has 0 aromatic heterocycles. The van der Waals surface area contributed by atoms with E-state index in [1.807, 2.05) is 6.92 Å². The largest absolute Gasteiger partial charge is 0.697 e. The maximum absolute atomic E-state index is 10.3. The molecule has 1 rings (SSSR count). The summed E-state index contributed by atoms with van der Waals surface area (Å²) in [5.41, 5.74) is 0. The summed E-state index contributed by atoms with van der Waals surface area (Å²) in [6, 6.07) is 0. The molecule has 0 radical (unpaired) electrons. The highest BCUT2D eigenvalue weighted by molar-refractivity contribution is 7.33. The van der Waals surface area contributed by atoms with Crippen molar-refractivity contribution < 1.29 is 13.6 Å². The minimum Gasteiger partial charge on any atom is -0.119 e. The Morgan fingerprint density at radius 3 is 2.38 bits per heavy atom. The van der Waals surface area contributed by atoms with Crippen LogP contribution < -0.4 is 0 Å². The topological polar surface area (TPSA) is 35.5 Å². The van der Waals surface area contributed by atoms with Gasteiger partial charge in [0, 0.05) is 10.5 Å². The van der Waals surface area contributed by atoms with E-state index in [9.17, 15) is 4.57 Å². The van der Waals surface area contributed by atoms with Gasteiger partial charge in [-0.2, -0.15) is 0 Å². The first-order valence-corrected chi connectivity index (χ1v) is 3.61. The Labute approximate surface area is 48.9 Å². The van der Waals surface area contributed by atoms with Crippen LogP contribution in [-0.4, -0.2) is 13.2 Å². The normalized spacial score (nSPS) is 35.1. The van der Waals surface area contributed by atoms with E-state index >= 15 is 0 Å². The molecule has 1 heterocycles. The molecule has 0 bridgehead atoms. The van der Waals surface area contributed by atoms with Crippen molar-refractivity contribution >= 4 is 8.25 Å². The number of hydrogen-bond acceptors (Lipinski definition) is 3. The monoisotopic (exact) mass is 135 g/mol. The molecule has 0 aromatic carbocycles. The van der Waals surface area contributed by atoms with Crippen LogP contribution in [0.4, 0.5) is 0 Å². The second-order valence-electron chi connectivity index (χ2n) is 1.92. The lowest BCUT2D eigenvalue weighted by molar-refractivity contribution is 0.117. The fourth-order valence-corrected chi connectivity index (χ4v) is 1.29. The summed E-state index contributed by atoms with van der Waals surface area (Å²) < 4.78 is 19.7. The van der Waals surface area contributed by atoms with Crippen molar-refractivity contribution in [3.8, 4) is 0 Å². The lowest BCUT2D eigenvalue weighted by Gasteiger charge is -2.05. The number of rotatable bonds is 0. The first-order chi connectivity index (χ1) is 3.79. The minimum atomic E-state index is -1.77. The molecule has 1 aliphatic heterocycles. The summed E-state index contributed by atoms with van der Waals surface area (Å²) >= 11 is 0. The molecule has 0 N–H and O–H groups in total. The average molecular weight is 135 g/mol. The quantitative estimate of drug-likeness (QED) is 0.470. The summed E-state index contributed by atoms with van der Waals surface area (Å²) in [7, 11) is -1.77. The van der Waals surface area contributed by atoms with Crippen LogP contribution in [0.2, 0.25) is 0 Å². The van der Waals surface area contributed by atoms with E-state index in [2.05, 4.69) is 9.05 Å². The zero-order valence-corrected chi connectivity index (χ0v) is 5.56. The minimum absolute atomic E-state index is 0.391. The van der Waals surface area contributed by atoms with Crippen LogP contribution in [-0.2, 0) is 13.6 Å². The summed E-state index contributed by atoms with van der Waals surface area (Å²) in [5.74, 6) is 0.391. The fourth-order valence-electron chi connectivity index (χ4n) is 0.462. The zero-order valence-electron chi connectivity index (χ0n) is 4.66. The molecule has 3 nitrogen and oxygen atoms in total. The summed E-state index contributed by atoms with van der Waals surface area (Å²) in [4.78, 5) is 0. The van der Waals surface area contributed by atoms with E-state index in [-0.39, 0.29) is 0 Å². The van der Waals surface area contributed by atoms with Gasteiger partial charge in [0.1, 0.15) is 13.2 Å². The fraction of sp³-hybridized carbons (Fsp3) is 1.00. The Morgan fingerprint density at radius 1 is 1.50 bits per heavy atom. The molecule has 8 heavy (non-hydrogen) atoms. The Kier molecular flexibility index (Phi) is 1.95. The predicted molar refractivity (Wildman–Crippen MR) is 28.7 cm³/mol. The SMILES string of the molecule is CC1CO[P+](=O)OC1. The lowest BCUT2D eigenvalue weighted by Crippen LogP contribution is -2.13. The molecule has 0 aromatic rings. The van der Waals surface area contributed by atoms with Gasteiger partial charge in [-0.3, -0.25) is 0 Å². The van der Waals surface area contributed by atoms with Crippen molar-refractivity contribution in [2.45, 2.75) is 6.92 Å². The Balaban J connectivity index is 2.29. The van der Waals surface area contributed by atoms with Crippen LogP contribution in [0, 0.1) is 5.92 Å². The van der Waals surface area contributed by atoms with Crippen LogP contribution in [0.3, 0.4) is 0 Å². The van der Waals surface area contributed by atoms with Crippen molar-refractivity contribution in [1.82, 2.24) is 0 Å². The molecule has 0 spiro atoms. The van der Waals surface area contributed by atoms with Crippen molar-refractivity contribution in [3.05, 3.63) is 0 Å². The molecule has 0 atom stereocenters. The van der Waals surface area contributed by atoms with Gasteiger partial charge in [0.25, 0.3) is 0 Å². The molecule has 1 saturated heterocycles. The smallest absolute Gasteiger partial charge is 0.119 e. The average Bonchev–Trinajstić information content (AvgIpc) is 1.77. The van der Waals surface area contributed by atoms with Gasteiger partial charge in [0.05, 0.1) is 0 Å². The van der Waals surface area contributed by atoms with Gasteiger partial charge in [-0.05, 0) is 0 Å². The molecule has 0 saturated carbocycles. The molecule has 0 aliphatic carbocycles. The Morgan fingerprint density at radius 2 is 2.00 bits per heavy atom. The van der Waals surface area contributed by atoms with E-state index < -0.39 is 8.25 Å². The maximum Gasteiger partial charge on any atom is 0.697 e. The second kappa shape index (κ2) is 2.53. The van der Waals surface area contributed by atoms with E-state index in [1.54, 1.807) is 0 Å². The molecule has 0 unspecified atom stereocenters. The van der Waals surface area contributed by atoms with Crippen molar-refractivity contribution in [3.63, 3.8) is 0 Å². The second-order valence-corrected chi connectivity index (χ2v) is 2.88. The van der Waals surface area contributed by atoms with Crippen molar-refractivity contribution in [2.24, 2.45) is 5.92 Å². The third-order valence-electron chi connectivity index (χ3n) is 0.929. The first-order valence-electron chi connectivity index (χ1n) is 2.52. The van der Waals surface area contributed by atoms with E-state index in [4.69, 9.17) is 0 Å². The molecular formula is C4H8O3P+. The van der Waals surface area contributed by atoms with Crippen molar-refractivity contribution in [2.75, 3.05) is 13.2 Å². The van der Waals surface area contributed by atoms with E-state index in [1.165, 1.54) is 0 Å². The van der Waals surface area contributed by atoms with Gasteiger partial charge in [-0.15, -0.1) is 9.05 Å². The van der Waals surface area contributed by atoms with Gasteiger partial charge in [-0.1, -0.05) is 6.92 Å². The van der Waals surface area contributed by atoms with Gasteiger partial charge in [-0.25, -0.2) is 0 Å². The van der Waals surface area contributed by atoms with Crippen LogP contribution >= 0.6 is 8.25 Å². The lowest BCUT2D eigenvalue weighted by atomic mass is 10.2. The van der Waals surface area contributed by atoms with Crippen LogP contribution in [0.15, 0.2) is 0 Å². The van der Waals surface area contributed by atoms with Gasteiger partial charge in [0.2, 0.25) is 0 Å². The molecule has 1 fully saturated rings. The van der Waals surface area contributed by atoms with Gasteiger partial charge < -0.3 is 0 Å². The Hall–Kier alpha value is 0.0200. The zero-order chi connectivity index (χ0) is 5.98. The first kappa shape index (κ1) is 6.14. The highest BCUT2D eigenvalue weighted by Gasteiger charge is 2.28. The number of hydrogen-bond donors (Lipinski definition) is 0. The molecule has 4 heteroatoms. The van der Waals surface area contributed by atoms with Crippen LogP contribution in [0.25, 0.3) is 0 Å². The van der Waals surface area contributed by atoms with Crippen LogP contribution in [0.5, 0.6) is 0 Å². The molecule has 0 amide bonds.